The third-order valence-electron chi connectivity index (χ3n) is 6.03. The van der Waals surface area contributed by atoms with Gasteiger partial charge in [-0.25, -0.2) is 8.42 Å². The highest BCUT2D eigenvalue weighted by atomic mass is 32.2. The van der Waals surface area contributed by atoms with Crippen molar-refractivity contribution < 1.29 is 27.4 Å². The van der Waals surface area contributed by atoms with Crippen molar-refractivity contribution in [2.75, 3.05) is 24.1 Å². The Balaban J connectivity index is 1.40. The van der Waals surface area contributed by atoms with Gasteiger partial charge in [-0.3, -0.25) is 9.10 Å². The third kappa shape index (κ3) is 4.51. The summed E-state index contributed by atoms with van der Waals surface area (Å²) in [5.74, 6) is 1.24. The van der Waals surface area contributed by atoms with Gasteiger partial charge in [-0.1, -0.05) is 30.3 Å². The van der Waals surface area contributed by atoms with Gasteiger partial charge in [-0.15, -0.1) is 0 Å². The number of hydrogen-bond donors (Lipinski definition) is 1. The van der Waals surface area contributed by atoms with Crippen molar-refractivity contribution in [1.29, 1.82) is 0 Å². The molecule has 0 aliphatic carbocycles. The second kappa shape index (κ2) is 9.14. The fourth-order valence-electron chi connectivity index (χ4n) is 4.16. The topological polar surface area (TPSA) is 94.2 Å². The average molecular weight is 495 g/mol. The smallest absolute Gasteiger partial charge is 0.264 e. The van der Waals surface area contributed by atoms with Gasteiger partial charge in [0.05, 0.1) is 23.2 Å². The molecule has 2 heterocycles. The molecule has 0 unspecified atom stereocenters. The molecule has 0 saturated carbocycles. The molecule has 1 N–H and O–H groups in total. The maximum Gasteiger partial charge on any atom is 0.264 e. The maximum absolute atomic E-state index is 13.5. The van der Waals surface area contributed by atoms with E-state index in [1.807, 2.05) is 38.1 Å². The van der Waals surface area contributed by atoms with Crippen molar-refractivity contribution in [2.24, 2.45) is 0 Å². The van der Waals surface area contributed by atoms with E-state index in [0.717, 1.165) is 11.1 Å². The molecule has 3 aromatic rings. The summed E-state index contributed by atoms with van der Waals surface area (Å²) in [6.45, 7) is 4.56. The van der Waals surface area contributed by atoms with Crippen LogP contribution in [0.1, 0.15) is 24.1 Å². The Morgan fingerprint density at radius 3 is 2.49 bits per heavy atom. The van der Waals surface area contributed by atoms with Crippen LogP contribution in [-0.4, -0.2) is 40.2 Å². The lowest BCUT2D eigenvalue weighted by atomic mass is 10.1. The van der Waals surface area contributed by atoms with Gasteiger partial charge in [0.2, 0.25) is 0 Å². The number of nitrogens with one attached hydrogen (secondary N) is 1. The molecular weight excluding hydrogens is 468 g/mol. The minimum Gasteiger partial charge on any atom is -0.486 e. The standard InChI is InChI=1S/C26H26N2O6S/c1-17-8-10-21-23(14-17)34-25(16-28(21)35(30,31)20-6-4-3-5-7-20)26(29)27-18(2)19-9-11-22-24(15-19)33-13-12-32-22/h3-11,14-15,18,25H,12-13,16H2,1-2H3,(H,27,29)/t18-,25-/m0/s1. The number of anilines is 1. The van der Waals surface area contributed by atoms with Crippen LogP contribution in [0.4, 0.5) is 5.69 Å². The molecule has 3 aromatic carbocycles. The van der Waals surface area contributed by atoms with E-state index in [1.54, 1.807) is 30.3 Å². The second-order valence-electron chi connectivity index (χ2n) is 8.56. The Morgan fingerprint density at radius 1 is 0.971 bits per heavy atom. The summed E-state index contributed by atoms with van der Waals surface area (Å²) in [6.07, 6.45) is -1.03. The van der Waals surface area contributed by atoms with Crippen LogP contribution >= 0.6 is 0 Å². The monoisotopic (exact) mass is 494 g/mol. The van der Waals surface area contributed by atoms with Crippen molar-refractivity contribution in [1.82, 2.24) is 5.32 Å². The van der Waals surface area contributed by atoms with E-state index < -0.39 is 22.0 Å². The van der Waals surface area contributed by atoms with Crippen molar-refractivity contribution in [2.45, 2.75) is 30.9 Å². The highest BCUT2D eigenvalue weighted by molar-refractivity contribution is 7.92. The van der Waals surface area contributed by atoms with Crippen molar-refractivity contribution in [3.05, 3.63) is 77.9 Å². The molecule has 2 aliphatic rings. The Hall–Kier alpha value is -3.72. The molecule has 2 aliphatic heterocycles. The van der Waals surface area contributed by atoms with Gasteiger partial charge in [0.25, 0.3) is 15.9 Å². The molecular formula is C26H26N2O6S. The number of rotatable bonds is 5. The van der Waals surface area contributed by atoms with Gasteiger partial charge in [-0.05, 0) is 61.4 Å². The molecule has 0 fully saturated rings. The molecule has 1 amide bonds. The third-order valence-corrected chi connectivity index (χ3v) is 7.83. The van der Waals surface area contributed by atoms with Crippen molar-refractivity contribution in [3.8, 4) is 17.2 Å². The van der Waals surface area contributed by atoms with Crippen LogP contribution in [0.15, 0.2) is 71.6 Å². The molecule has 35 heavy (non-hydrogen) atoms. The summed E-state index contributed by atoms with van der Waals surface area (Å²) in [7, 11) is -3.90. The first-order chi connectivity index (χ1) is 16.8. The van der Waals surface area contributed by atoms with Gasteiger partial charge in [0.15, 0.2) is 17.6 Å². The van der Waals surface area contributed by atoms with E-state index in [0.29, 0.717) is 36.1 Å². The molecule has 0 bridgehead atoms. The van der Waals surface area contributed by atoms with Gasteiger partial charge < -0.3 is 19.5 Å². The van der Waals surface area contributed by atoms with Gasteiger partial charge in [0.1, 0.15) is 19.0 Å². The Morgan fingerprint density at radius 2 is 1.71 bits per heavy atom. The van der Waals surface area contributed by atoms with Gasteiger partial charge in [0, 0.05) is 0 Å². The quantitative estimate of drug-likeness (QED) is 0.583. The highest BCUT2D eigenvalue weighted by Gasteiger charge is 2.38. The van der Waals surface area contributed by atoms with Crippen LogP contribution in [0.5, 0.6) is 17.2 Å². The fraction of sp³-hybridized carbons (Fsp3) is 0.269. The lowest BCUT2D eigenvalue weighted by Crippen LogP contribution is -2.51. The number of benzene rings is 3. The van der Waals surface area contributed by atoms with Crippen LogP contribution in [0, 0.1) is 6.92 Å². The van der Waals surface area contributed by atoms with Crippen LogP contribution in [0.25, 0.3) is 0 Å². The molecule has 0 aromatic heterocycles. The Labute approximate surface area is 204 Å². The maximum atomic E-state index is 13.5. The molecule has 0 saturated heterocycles. The number of sulfonamides is 1. The van der Waals surface area contributed by atoms with E-state index in [1.165, 1.54) is 16.4 Å². The minimum absolute atomic E-state index is 0.146. The number of ether oxygens (including phenoxy) is 3. The predicted octanol–water partition coefficient (Wildman–Crippen LogP) is 3.60. The van der Waals surface area contributed by atoms with Crippen LogP contribution < -0.4 is 23.8 Å². The van der Waals surface area contributed by atoms with Gasteiger partial charge in [-0.2, -0.15) is 0 Å². The summed E-state index contributed by atoms with van der Waals surface area (Å²) >= 11 is 0. The molecule has 0 spiro atoms. The lowest BCUT2D eigenvalue weighted by Gasteiger charge is -2.35. The first-order valence-corrected chi connectivity index (χ1v) is 12.8. The molecule has 0 radical (unpaired) electrons. The molecule has 8 nitrogen and oxygen atoms in total. The van der Waals surface area contributed by atoms with E-state index >= 15 is 0 Å². The summed E-state index contributed by atoms with van der Waals surface area (Å²) in [4.78, 5) is 13.4. The minimum atomic E-state index is -3.90. The highest BCUT2D eigenvalue weighted by Crippen LogP contribution is 2.38. The lowest BCUT2D eigenvalue weighted by molar-refractivity contribution is -0.128. The molecule has 5 rings (SSSR count). The zero-order valence-electron chi connectivity index (χ0n) is 19.4. The largest absolute Gasteiger partial charge is 0.486 e. The summed E-state index contributed by atoms with van der Waals surface area (Å²) in [5, 5.41) is 2.95. The summed E-state index contributed by atoms with van der Waals surface area (Å²) in [6, 6.07) is 18.6. The first-order valence-electron chi connectivity index (χ1n) is 11.4. The van der Waals surface area contributed by atoms with E-state index in [9.17, 15) is 13.2 Å². The number of nitrogens with zero attached hydrogens (tertiary/aromatic N) is 1. The first kappa shape index (κ1) is 23.0. The number of carbonyl (C=O) groups excluding carboxylic acids is 1. The number of amides is 1. The van der Waals surface area contributed by atoms with Crippen molar-refractivity contribution in [3.63, 3.8) is 0 Å². The second-order valence-corrected chi connectivity index (χ2v) is 10.4. The summed E-state index contributed by atoms with van der Waals surface area (Å²) in [5.41, 5.74) is 2.14. The van der Waals surface area contributed by atoms with Crippen LogP contribution in [-0.2, 0) is 14.8 Å². The predicted molar refractivity (Wildman–Crippen MR) is 131 cm³/mol. The Kier molecular flexibility index (Phi) is 6.02. The fourth-order valence-corrected chi connectivity index (χ4v) is 5.66. The van der Waals surface area contributed by atoms with E-state index in [4.69, 9.17) is 14.2 Å². The van der Waals surface area contributed by atoms with E-state index in [-0.39, 0.29) is 17.5 Å². The van der Waals surface area contributed by atoms with Crippen molar-refractivity contribution >= 4 is 21.6 Å². The molecule has 182 valence electrons. The molecule has 9 heteroatoms. The average Bonchev–Trinajstić information content (AvgIpc) is 2.87. The SMILES string of the molecule is Cc1ccc2c(c1)O[C@H](C(=O)N[C@@H](C)c1ccc3c(c1)OCCO3)CN2S(=O)(=O)c1ccccc1. The number of hydrogen-bond acceptors (Lipinski definition) is 6. The zero-order chi connectivity index (χ0) is 24.6. The number of aryl methyl sites for hydroxylation is 1. The molecule has 2 atom stereocenters. The number of fused-ring (bicyclic) bond motifs is 2. The summed E-state index contributed by atoms with van der Waals surface area (Å²) < 4.78 is 45.4. The van der Waals surface area contributed by atoms with Gasteiger partial charge >= 0.3 is 0 Å². The van der Waals surface area contributed by atoms with Crippen LogP contribution in [0.2, 0.25) is 0 Å². The zero-order valence-corrected chi connectivity index (χ0v) is 20.2. The van der Waals surface area contributed by atoms with Crippen LogP contribution in [0.3, 0.4) is 0 Å². The number of carbonyl (C=O) groups is 1. The Bertz CT molecular complexity index is 1360. The van der Waals surface area contributed by atoms with E-state index in [2.05, 4.69) is 5.32 Å². The normalized spacial score (nSPS) is 17.7.